The molecule has 0 saturated heterocycles. The molecule has 0 spiro atoms. The number of anilines is 2. The normalized spacial score (nSPS) is 12.5. The molecule has 2 nitrogen and oxygen atoms in total. The molecule has 0 amide bonds. The van der Waals surface area contributed by atoms with Gasteiger partial charge in [0, 0.05) is 33.4 Å². The quantitative estimate of drug-likeness (QED) is 0.228. The van der Waals surface area contributed by atoms with Crippen LogP contribution in [-0.4, -0.2) is 11.4 Å². The highest BCUT2D eigenvalue weighted by Gasteiger charge is 2.37. The number of hydrogen-bond acceptors (Lipinski definition) is 1. The summed E-state index contributed by atoms with van der Waals surface area (Å²) in [6, 6.07) is 54.9. The van der Waals surface area contributed by atoms with Gasteiger partial charge in [-0.1, -0.05) is 115 Å². The van der Waals surface area contributed by atoms with Crippen LogP contribution in [0.15, 0.2) is 152 Å². The maximum absolute atomic E-state index is 2.53. The summed E-state index contributed by atoms with van der Waals surface area (Å²) in [7, 11) is 0. The Morgan fingerprint density at radius 1 is 0.436 bits per heavy atom. The highest BCUT2D eigenvalue weighted by Crippen LogP contribution is 2.44. The van der Waals surface area contributed by atoms with Crippen molar-refractivity contribution < 1.29 is 0 Å². The third-order valence-corrected chi connectivity index (χ3v) is 8.02. The molecular weight excluding hydrogens is 471 g/mol. The number of aromatic nitrogens is 1. The number of nitrogens with zero attached hydrogens (tertiary/aromatic N) is 2. The van der Waals surface area contributed by atoms with Gasteiger partial charge in [-0.25, -0.2) is 0 Å². The van der Waals surface area contributed by atoms with Gasteiger partial charge < -0.3 is 9.38 Å². The molecule has 182 valence electrons. The van der Waals surface area contributed by atoms with E-state index in [9.17, 15) is 0 Å². The summed E-state index contributed by atoms with van der Waals surface area (Å²) < 4.78 is 2.41. The van der Waals surface area contributed by atoms with Crippen molar-refractivity contribution in [2.45, 2.75) is 0 Å². The van der Waals surface area contributed by atoms with E-state index in [2.05, 4.69) is 161 Å². The van der Waals surface area contributed by atoms with E-state index in [0.717, 1.165) is 0 Å². The van der Waals surface area contributed by atoms with E-state index in [4.69, 9.17) is 0 Å². The Balaban J connectivity index is 1.51. The monoisotopic (exact) mass is 496 g/mol. The van der Waals surface area contributed by atoms with Gasteiger partial charge in [0.1, 0.15) is 0 Å². The van der Waals surface area contributed by atoms with Gasteiger partial charge in [0.25, 0.3) is 0 Å². The van der Waals surface area contributed by atoms with Crippen LogP contribution in [0.5, 0.6) is 0 Å². The van der Waals surface area contributed by atoms with Crippen LogP contribution in [0, 0.1) is 0 Å². The summed E-state index contributed by atoms with van der Waals surface area (Å²) in [4.78, 5) is 2.53. The summed E-state index contributed by atoms with van der Waals surface area (Å²) in [6.07, 6.45) is 0. The highest BCUT2D eigenvalue weighted by molar-refractivity contribution is 6.90. The smallest absolute Gasteiger partial charge is 0.328 e. The van der Waals surface area contributed by atoms with Crippen molar-refractivity contribution in [1.82, 2.24) is 4.57 Å². The minimum atomic E-state index is 0.0595. The molecule has 0 unspecified atom stereocenters. The van der Waals surface area contributed by atoms with Crippen LogP contribution in [0.3, 0.4) is 0 Å². The summed E-state index contributed by atoms with van der Waals surface area (Å²) in [5.41, 5.74) is 11.2. The Morgan fingerprint density at radius 2 is 1.05 bits per heavy atom. The van der Waals surface area contributed by atoms with E-state index >= 15 is 0 Å². The summed E-state index contributed by atoms with van der Waals surface area (Å²) >= 11 is 0. The maximum atomic E-state index is 2.53. The van der Waals surface area contributed by atoms with Crippen LogP contribution in [0.4, 0.5) is 11.4 Å². The Labute approximate surface area is 228 Å². The van der Waals surface area contributed by atoms with Crippen molar-refractivity contribution in [3.05, 3.63) is 152 Å². The van der Waals surface area contributed by atoms with Gasteiger partial charge in [0.05, 0.1) is 11.0 Å². The molecule has 8 rings (SSSR count). The van der Waals surface area contributed by atoms with E-state index in [1.807, 2.05) is 0 Å². The van der Waals surface area contributed by atoms with Gasteiger partial charge in [0.2, 0.25) is 0 Å². The standard InChI is InChI=1S/C36H25BN2/c1-4-14-26(15-5-1)37-33-22-12-10-20-29(33)31-24-32-30-21-11-13-23-34(30)38(27-16-6-2-7-17-27)35(32)25-36(31)39(37)28-18-8-3-9-19-28/h1-25H. The first kappa shape index (κ1) is 22.0. The van der Waals surface area contributed by atoms with Crippen molar-refractivity contribution in [1.29, 1.82) is 0 Å². The van der Waals surface area contributed by atoms with Crippen molar-refractivity contribution in [2.24, 2.45) is 0 Å². The molecule has 2 heterocycles. The van der Waals surface area contributed by atoms with Crippen LogP contribution < -0.4 is 15.7 Å². The molecule has 0 radical (unpaired) electrons. The predicted molar refractivity (Wildman–Crippen MR) is 166 cm³/mol. The third kappa shape index (κ3) is 3.37. The van der Waals surface area contributed by atoms with Crippen molar-refractivity contribution in [3.63, 3.8) is 0 Å². The number of para-hydroxylation sites is 3. The Kier molecular flexibility index (Phi) is 4.96. The van der Waals surface area contributed by atoms with Crippen molar-refractivity contribution in [3.8, 4) is 16.8 Å². The van der Waals surface area contributed by atoms with E-state index in [1.165, 1.54) is 60.9 Å². The molecule has 1 aromatic heterocycles. The van der Waals surface area contributed by atoms with Gasteiger partial charge in [-0.05, 0) is 53.5 Å². The molecule has 39 heavy (non-hydrogen) atoms. The molecule has 0 saturated carbocycles. The fourth-order valence-corrected chi connectivity index (χ4v) is 6.37. The zero-order valence-corrected chi connectivity index (χ0v) is 21.4. The Morgan fingerprint density at radius 3 is 1.82 bits per heavy atom. The lowest BCUT2D eigenvalue weighted by Crippen LogP contribution is -2.57. The van der Waals surface area contributed by atoms with E-state index < -0.39 is 0 Å². The third-order valence-electron chi connectivity index (χ3n) is 8.02. The second-order valence-electron chi connectivity index (χ2n) is 10.2. The SMILES string of the molecule is c1ccc(B2c3ccccc3-c3cc4c5ccccc5n(-c5ccccc5)c4cc3N2c2ccccc2)cc1. The lowest BCUT2D eigenvalue weighted by molar-refractivity contribution is 1.18. The molecule has 3 heteroatoms. The summed E-state index contributed by atoms with van der Waals surface area (Å²) in [5, 5.41) is 2.54. The topological polar surface area (TPSA) is 8.17 Å². The summed E-state index contributed by atoms with van der Waals surface area (Å²) in [6.45, 7) is 0.0595. The molecule has 1 aliphatic rings. The number of fused-ring (bicyclic) bond motifs is 6. The summed E-state index contributed by atoms with van der Waals surface area (Å²) in [5.74, 6) is 0. The first-order valence-electron chi connectivity index (χ1n) is 13.5. The number of rotatable bonds is 3. The second-order valence-corrected chi connectivity index (χ2v) is 10.2. The van der Waals surface area contributed by atoms with Crippen molar-refractivity contribution in [2.75, 3.05) is 4.81 Å². The molecule has 7 aromatic rings. The first-order valence-corrected chi connectivity index (χ1v) is 13.5. The zero-order valence-electron chi connectivity index (χ0n) is 21.4. The Hall–Kier alpha value is -5.02. The molecule has 0 N–H and O–H groups in total. The minimum Gasteiger partial charge on any atom is -0.376 e. The van der Waals surface area contributed by atoms with E-state index in [-0.39, 0.29) is 6.85 Å². The van der Waals surface area contributed by atoms with Gasteiger partial charge in [0.15, 0.2) is 0 Å². The molecule has 0 atom stereocenters. The predicted octanol–water partition coefficient (Wildman–Crippen LogP) is 7.71. The molecule has 0 aliphatic carbocycles. The molecule has 0 fully saturated rings. The van der Waals surface area contributed by atoms with Crippen LogP contribution in [0.2, 0.25) is 0 Å². The second kappa shape index (κ2) is 8.78. The fourth-order valence-electron chi connectivity index (χ4n) is 6.37. The van der Waals surface area contributed by atoms with Gasteiger partial charge in [-0.2, -0.15) is 0 Å². The van der Waals surface area contributed by atoms with Crippen LogP contribution in [0.1, 0.15) is 0 Å². The average Bonchev–Trinajstić information content (AvgIpc) is 3.34. The molecule has 6 aromatic carbocycles. The number of hydrogen-bond donors (Lipinski definition) is 0. The average molecular weight is 496 g/mol. The van der Waals surface area contributed by atoms with Gasteiger partial charge >= 0.3 is 6.85 Å². The zero-order chi connectivity index (χ0) is 25.8. The maximum Gasteiger partial charge on any atom is 0.328 e. The van der Waals surface area contributed by atoms with Crippen molar-refractivity contribution >= 4 is 51.0 Å². The van der Waals surface area contributed by atoms with E-state index in [0.29, 0.717) is 0 Å². The van der Waals surface area contributed by atoms with Crippen LogP contribution in [-0.2, 0) is 0 Å². The Bertz CT molecular complexity index is 1960. The molecule has 0 bridgehead atoms. The van der Waals surface area contributed by atoms with Gasteiger partial charge in [-0.3, -0.25) is 0 Å². The molecule has 1 aliphatic heterocycles. The lowest BCUT2D eigenvalue weighted by Gasteiger charge is -2.39. The lowest BCUT2D eigenvalue weighted by atomic mass is 9.45. The van der Waals surface area contributed by atoms with Crippen LogP contribution in [0.25, 0.3) is 38.6 Å². The first-order chi connectivity index (χ1) is 19.4. The highest BCUT2D eigenvalue weighted by atomic mass is 15.1. The van der Waals surface area contributed by atoms with Crippen LogP contribution >= 0.6 is 0 Å². The molecular formula is C36H25BN2. The van der Waals surface area contributed by atoms with Gasteiger partial charge in [-0.15, -0.1) is 0 Å². The fraction of sp³-hybridized carbons (Fsp3) is 0. The minimum absolute atomic E-state index is 0.0595. The van der Waals surface area contributed by atoms with E-state index in [1.54, 1.807) is 0 Å². The number of benzene rings is 6. The largest absolute Gasteiger partial charge is 0.376 e.